The van der Waals surface area contributed by atoms with Crippen LogP contribution in [0.5, 0.6) is 0 Å². The van der Waals surface area contributed by atoms with Crippen LogP contribution in [-0.4, -0.2) is 26.8 Å². The summed E-state index contributed by atoms with van der Waals surface area (Å²) in [5.41, 5.74) is 1.88. The van der Waals surface area contributed by atoms with Crippen molar-refractivity contribution in [1.82, 2.24) is 5.32 Å². The highest BCUT2D eigenvalue weighted by atomic mass is 32.2. The van der Waals surface area contributed by atoms with E-state index in [1.165, 1.54) is 5.56 Å². The van der Waals surface area contributed by atoms with Crippen molar-refractivity contribution in [3.8, 4) is 0 Å². The molecule has 0 bridgehead atoms. The highest BCUT2D eigenvalue weighted by Gasteiger charge is 2.14. The number of sulfonamides is 1. The third-order valence-electron chi connectivity index (χ3n) is 3.17. The van der Waals surface area contributed by atoms with Gasteiger partial charge in [0.25, 0.3) is 0 Å². The van der Waals surface area contributed by atoms with Crippen LogP contribution >= 0.6 is 0 Å². The number of benzene rings is 1. The Bertz CT molecular complexity index is 528. The lowest BCUT2D eigenvalue weighted by Gasteiger charge is -2.19. The van der Waals surface area contributed by atoms with Gasteiger partial charge in [-0.2, -0.15) is 0 Å². The molecule has 120 valence electrons. The van der Waals surface area contributed by atoms with Crippen LogP contribution in [-0.2, 0) is 15.4 Å². The minimum absolute atomic E-state index is 0.0694. The van der Waals surface area contributed by atoms with E-state index in [0.717, 1.165) is 0 Å². The zero-order valence-electron chi connectivity index (χ0n) is 13.7. The van der Waals surface area contributed by atoms with Crippen molar-refractivity contribution in [1.29, 1.82) is 0 Å². The molecule has 0 aromatic heterocycles. The molecule has 0 amide bonds. The van der Waals surface area contributed by atoms with Crippen molar-refractivity contribution in [2.45, 2.75) is 52.5 Å². The molecule has 0 unspecified atom stereocenters. The van der Waals surface area contributed by atoms with Crippen molar-refractivity contribution in [3.05, 3.63) is 29.8 Å². The first-order chi connectivity index (χ1) is 9.60. The van der Waals surface area contributed by atoms with Crippen LogP contribution in [0.4, 0.5) is 5.69 Å². The lowest BCUT2D eigenvalue weighted by Crippen LogP contribution is -2.26. The molecule has 1 aromatic carbocycles. The van der Waals surface area contributed by atoms with Gasteiger partial charge < -0.3 is 5.32 Å². The van der Waals surface area contributed by atoms with Gasteiger partial charge in [-0.05, 0) is 36.1 Å². The summed E-state index contributed by atoms with van der Waals surface area (Å²) in [4.78, 5) is 0. The van der Waals surface area contributed by atoms with Gasteiger partial charge in [-0.25, -0.2) is 8.42 Å². The predicted molar refractivity (Wildman–Crippen MR) is 90.3 cm³/mol. The predicted octanol–water partition coefficient (Wildman–Crippen LogP) is 3.11. The largest absolute Gasteiger partial charge is 0.314 e. The molecule has 1 rings (SSSR count). The van der Waals surface area contributed by atoms with Crippen molar-refractivity contribution in [2.75, 3.05) is 17.0 Å². The molecule has 0 fully saturated rings. The number of hydrogen-bond donors (Lipinski definition) is 2. The van der Waals surface area contributed by atoms with Crippen molar-refractivity contribution in [2.24, 2.45) is 0 Å². The molecule has 0 aliphatic heterocycles. The van der Waals surface area contributed by atoms with Gasteiger partial charge in [0.2, 0.25) is 10.0 Å². The lowest BCUT2D eigenvalue weighted by atomic mass is 9.87. The van der Waals surface area contributed by atoms with E-state index in [4.69, 9.17) is 0 Å². The number of anilines is 1. The highest BCUT2D eigenvalue weighted by Crippen LogP contribution is 2.23. The van der Waals surface area contributed by atoms with E-state index in [9.17, 15) is 8.42 Å². The minimum atomic E-state index is -3.27. The van der Waals surface area contributed by atoms with Crippen molar-refractivity contribution < 1.29 is 8.42 Å². The number of nitrogens with one attached hydrogen (secondary N) is 2. The topological polar surface area (TPSA) is 58.2 Å². The van der Waals surface area contributed by atoms with E-state index in [1.807, 2.05) is 38.1 Å². The monoisotopic (exact) mass is 312 g/mol. The van der Waals surface area contributed by atoms with Gasteiger partial charge in [-0.1, -0.05) is 46.8 Å². The maximum atomic E-state index is 12.0. The van der Waals surface area contributed by atoms with Gasteiger partial charge in [-0.15, -0.1) is 0 Å². The Kier molecular flexibility index (Phi) is 6.23. The summed E-state index contributed by atoms with van der Waals surface area (Å²) in [7, 11) is -3.27. The molecule has 0 atom stereocenters. The molecule has 0 aliphatic carbocycles. The van der Waals surface area contributed by atoms with Crippen LogP contribution in [0.2, 0.25) is 0 Å². The molecule has 0 saturated carbocycles. The lowest BCUT2D eigenvalue weighted by molar-refractivity contribution is 0.571. The van der Waals surface area contributed by atoms with Crippen LogP contribution in [0.15, 0.2) is 24.3 Å². The van der Waals surface area contributed by atoms with Crippen molar-refractivity contribution in [3.63, 3.8) is 0 Å². The number of rotatable bonds is 7. The van der Waals surface area contributed by atoms with Gasteiger partial charge >= 0.3 is 0 Å². The van der Waals surface area contributed by atoms with E-state index in [2.05, 4.69) is 30.8 Å². The maximum Gasteiger partial charge on any atom is 0.232 e. The second-order valence-corrected chi connectivity index (χ2v) is 8.55. The second kappa shape index (κ2) is 7.27. The van der Waals surface area contributed by atoms with E-state index < -0.39 is 10.0 Å². The molecular formula is C16H28N2O2S. The zero-order chi connectivity index (χ0) is 16.1. The molecule has 0 spiro atoms. The fourth-order valence-electron chi connectivity index (χ4n) is 1.92. The van der Waals surface area contributed by atoms with Crippen LogP contribution in [0.25, 0.3) is 0 Å². The molecule has 2 N–H and O–H groups in total. The Morgan fingerprint density at radius 1 is 1.10 bits per heavy atom. The Morgan fingerprint density at radius 2 is 1.67 bits per heavy atom. The standard InChI is InChI=1S/C16H28N2O2S/c1-13(2)17-11-6-12-21(19,20)18-15-9-7-14(8-10-15)16(3,4)5/h7-10,13,17-18H,6,11-12H2,1-5H3. The van der Waals surface area contributed by atoms with Gasteiger partial charge in [0.05, 0.1) is 5.75 Å². The Balaban J connectivity index is 2.55. The summed E-state index contributed by atoms with van der Waals surface area (Å²) in [6.45, 7) is 11.2. The summed E-state index contributed by atoms with van der Waals surface area (Å²) in [6.07, 6.45) is 0.605. The average molecular weight is 312 g/mol. The summed E-state index contributed by atoms with van der Waals surface area (Å²) in [5, 5.41) is 3.21. The quantitative estimate of drug-likeness (QED) is 0.761. The average Bonchev–Trinajstić information content (AvgIpc) is 2.33. The molecule has 0 saturated heterocycles. The Labute approximate surface area is 129 Å². The maximum absolute atomic E-state index is 12.0. The second-order valence-electron chi connectivity index (χ2n) is 6.71. The third kappa shape index (κ3) is 6.96. The third-order valence-corrected chi connectivity index (χ3v) is 4.54. The van der Waals surface area contributed by atoms with Crippen LogP contribution in [0.3, 0.4) is 0 Å². The molecule has 0 heterocycles. The van der Waals surface area contributed by atoms with Crippen LogP contribution < -0.4 is 10.0 Å². The Hall–Kier alpha value is -1.07. The summed E-state index contributed by atoms with van der Waals surface area (Å²) in [6, 6.07) is 7.97. The van der Waals surface area contributed by atoms with Gasteiger partial charge in [-0.3, -0.25) is 4.72 Å². The summed E-state index contributed by atoms with van der Waals surface area (Å²) >= 11 is 0. The highest BCUT2D eigenvalue weighted by molar-refractivity contribution is 7.92. The molecular weight excluding hydrogens is 284 g/mol. The van der Waals surface area contributed by atoms with E-state index in [0.29, 0.717) is 24.7 Å². The normalized spacial score (nSPS) is 12.7. The Morgan fingerprint density at radius 3 is 2.14 bits per heavy atom. The summed E-state index contributed by atoms with van der Waals surface area (Å²) in [5.74, 6) is 0.133. The molecule has 1 aromatic rings. The fraction of sp³-hybridized carbons (Fsp3) is 0.625. The molecule has 4 nitrogen and oxygen atoms in total. The van der Waals surface area contributed by atoms with Gasteiger partial charge in [0, 0.05) is 11.7 Å². The molecule has 21 heavy (non-hydrogen) atoms. The summed E-state index contributed by atoms with van der Waals surface area (Å²) < 4.78 is 26.6. The minimum Gasteiger partial charge on any atom is -0.314 e. The molecule has 0 radical (unpaired) electrons. The van der Waals surface area contributed by atoms with Gasteiger partial charge in [0.1, 0.15) is 0 Å². The number of hydrogen-bond acceptors (Lipinski definition) is 3. The smallest absolute Gasteiger partial charge is 0.232 e. The molecule has 0 aliphatic rings. The SMILES string of the molecule is CC(C)NCCCS(=O)(=O)Nc1ccc(C(C)(C)C)cc1. The van der Waals surface area contributed by atoms with Crippen LogP contribution in [0.1, 0.15) is 46.6 Å². The van der Waals surface area contributed by atoms with E-state index in [-0.39, 0.29) is 11.2 Å². The van der Waals surface area contributed by atoms with E-state index >= 15 is 0 Å². The van der Waals surface area contributed by atoms with Crippen molar-refractivity contribution >= 4 is 15.7 Å². The molecule has 5 heteroatoms. The van der Waals surface area contributed by atoms with E-state index in [1.54, 1.807) is 0 Å². The zero-order valence-corrected chi connectivity index (χ0v) is 14.5. The first-order valence-electron chi connectivity index (χ1n) is 7.44. The van der Waals surface area contributed by atoms with Crippen LogP contribution in [0, 0.1) is 0 Å². The first kappa shape index (κ1) is 18.0. The first-order valence-corrected chi connectivity index (χ1v) is 9.10. The van der Waals surface area contributed by atoms with Gasteiger partial charge in [0.15, 0.2) is 0 Å². The fourth-order valence-corrected chi connectivity index (χ4v) is 3.04.